The molecule has 2 unspecified atom stereocenters. The summed E-state index contributed by atoms with van der Waals surface area (Å²) in [5.41, 5.74) is 2.95. The van der Waals surface area contributed by atoms with Crippen LogP contribution in [0.2, 0.25) is 0 Å². The van der Waals surface area contributed by atoms with Crippen LogP contribution >= 0.6 is 11.3 Å². The summed E-state index contributed by atoms with van der Waals surface area (Å²) >= 11 is 0.723. The van der Waals surface area contributed by atoms with Crippen LogP contribution in [0.5, 0.6) is 6.01 Å². The van der Waals surface area contributed by atoms with Gasteiger partial charge in [0.1, 0.15) is 28.2 Å². The van der Waals surface area contributed by atoms with E-state index in [0.29, 0.717) is 38.6 Å². The minimum atomic E-state index is -5.02. The molecule has 8 nitrogen and oxygen atoms in total. The number of rotatable bonds is 6. The van der Waals surface area contributed by atoms with Crippen molar-refractivity contribution in [1.82, 2.24) is 15.3 Å². The number of nitrogen functional groups attached to an aromatic ring is 1. The molecule has 0 radical (unpaired) electrons. The number of hydrogen-bond acceptors (Lipinski definition) is 9. The average molecular weight is 645 g/mol. The fourth-order valence-corrected chi connectivity index (χ4v) is 7.76. The molecule has 7 rings (SSSR count). The zero-order valence-corrected chi connectivity index (χ0v) is 24.8. The highest BCUT2D eigenvalue weighted by molar-refractivity contribution is 7.23. The fourth-order valence-electron chi connectivity index (χ4n) is 6.81. The number of nitrogens with zero attached hydrogens (tertiary/aromatic N) is 4. The standard InChI is InChI=1S/C31H29F5N6O2S/c32-22-4-3-18(23-20(12-37)28(38)45-27(22)23)24-21(31(34,35)36)11-19-26(25(24)33)40-30(44-10-7-15-5-8-43-9-6-15)41-29(19)42-13-16-1-2-17(14-42)39-16/h3-4,11,15-17,39H,1-2,5-10,13-14,38H2. The maximum atomic E-state index is 16.8. The van der Waals surface area contributed by atoms with Crippen molar-refractivity contribution >= 4 is 43.1 Å². The monoisotopic (exact) mass is 644 g/mol. The van der Waals surface area contributed by atoms with Crippen molar-refractivity contribution in [3.63, 3.8) is 0 Å². The second-order valence-electron chi connectivity index (χ2n) is 11.8. The number of fused-ring (bicyclic) bond motifs is 4. The van der Waals surface area contributed by atoms with E-state index >= 15 is 4.39 Å². The molecule has 0 aliphatic carbocycles. The van der Waals surface area contributed by atoms with Crippen LogP contribution in [0.25, 0.3) is 32.1 Å². The minimum Gasteiger partial charge on any atom is -0.463 e. The molecule has 2 atom stereocenters. The summed E-state index contributed by atoms with van der Waals surface area (Å²) in [5.74, 6) is -1.50. The number of alkyl halides is 3. The Labute approximate surface area is 258 Å². The summed E-state index contributed by atoms with van der Waals surface area (Å²) in [5, 5.41) is 12.9. The SMILES string of the molecule is N#Cc1c(N)sc2c(F)ccc(-c3c(C(F)(F)F)cc4c(N5CC6CCC(C5)N6)nc(OCCC5CCOCC5)nc4c3F)c12. The molecular weight excluding hydrogens is 615 g/mol. The van der Waals surface area contributed by atoms with E-state index in [2.05, 4.69) is 15.3 Å². The molecule has 45 heavy (non-hydrogen) atoms. The van der Waals surface area contributed by atoms with Crippen LogP contribution in [0.1, 0.15) is 43.2 Å². The molecule has 2 bridgehead atoms. The van der Waals surface area contributed by atoms with Crippen molar-refractivity contribution in [2.75, 3.05) is 43.5 Å². The molecule has 2 aromatic carbocycles. The van der Waals surface area contributed by atoms with Gasteiger partial charge in [-0.1, -0.05) is 6.07 Å². The lowest BCUT2D eigenvalue weighted by Gasteiger charge is -2.34. The van der Waals surface area contributed by atoms with Crippen LogP contribution in [0, 0.1) is 28.9 Å². The van der Waals surface area contributed by atoms with Gasteiger partial charge in [0.25, 0.3) is 0 Å². The topological polar surface area (TPSA) is 109 Å². The highest BCUT2D eigenvalue weighted by Gasteiger charge is 2.40. The number of aromatic nitrogens is 2. The first kappa shape index (κ1) is 29.9. The number of thiophene rings is 1. The van der Waals surface area contributed by atoms with Gasteiger partial charge in [-0.05, 0) is 55.7 Å². The summed E-state index contributed by atoms with van der Waals surface area (Å²) in [7, 11) is 0. The highest BCUT2D eigenvalue weighted by Crippen LogP contribution is 2.48. The molecule has 3 aliphatic rings. The van der Waals surface area contributed by atoms with Gasteiger partial charge < -0.3 is 25.4 Å². The van der Waals surface area contributed by atoms with Crippen LogP contribution in [-0.4, -0.2) is 55.0 Å². The molecule has 2 aromatic heterocycles. The Morgan fingerprint density at radius 3 is 2.53 bits per heavy atom. The molecule has 0 spiro atoms. The predicted molar refractivity (Wildman–Crippen MR) is 160 cm³/mol. The number of ether oxygens (including phenoxy) is 2. The molecule has 3 saturated heterocycles. The number of nitrogens with one attached hydrogen (secondary N) is 1. The summed E-state index contributed by atoms with van der Waals surface area (Å²) in [6.45, 7) is 2.54. The summed E-state index contributed by atoms with van der Waals surface area (Å²) in [6, 6.07) is 4.81. The van der Waals surface area contributed by atoms with Crippen LogP contribution in [-0.2, 0) is 10.9 Å². The van der Waals surface area contributed by atoms with Crippen LogP contribution in [0.15, 0.2) is 18.2 Å². The van der Waals surface area contributed by atoms with Crippen molar-refractivity contribution in [2.24, 2.45) is 5.92 Å². The lowest BCUT2D eigenvalue weighted by Crippen LogP contribution is -2.51. The molecule has 236 valence electrons. The van der Waals surface area contributed by atoms with E-state index in [-0.39, 0.29) is 67.6 Å². The number of anilines is 2. The van der Waals surface area contributed by atoms with Gasteiger partial charge in [-0.3, -0.25) is 0 Å². The van der Waals surface area contributed by atoms with Crippen molar-refractivity contribution in [1.29, 1.82) is 5.26 Å². The summed E-state index contributed by atoms with van der Waals surface area (Å²) < 4.78 is 87.3. The van der Waals surface area contributed by atoms with Crippen LogP contribution < -0.4 is 20.7 Å². The summed E-state index contributed by atoms with van der Waals surface area (Å²) in [4.78, 5) is 10.8. The normalized spacial score (nSPS) is 20.7. The molecule has 3 N–H and O–H groups in total. The third kappa shape index (κ3) is 5.40. The second-order valence-corrected chi connectivity index (χ2v) is 12.9. The Balaban J connectivity index is 1.42. The Bertz CT molecular complexity index is 1820. The Morgan fingerprint density at radius 2 is 1.84 bits per heavy atom. The smallest absolute Gasteiger partial charge is 0.417 e. The molecule has 4 aromatic rings. The predicted octanol–water partition coefficient (Wildman–Crippen LogP) is 6.40. The molecule has 14 heteroatoms. The van der Waals surface area contributed by atoms with E-state index in [9.17, 15) is 22.8 Å². The fraction of sp³-hybridized carbons (Fsp3) is 0.452. The molecule has 0 amide bonds. The Morgan fingerprint density at radius 1 is 1.11 bits per heavy atom. The first-order chi connectivity index (χ1) is 21.6. The third-order valence-corrected chi connectivity index (χ3v) is 10.0. The number of nitriles is 1. The van der Waals surface area contributed by atoms with Crippen molar-refractivity contribution in [3.8, 4) is 23.2 Å². The van der Waals surface area contributed by atoms with Gasteiger partial charge in [-0.2, -0.15) is 28.4 Å². The second kappa shape index (κ2) is 11.5. The molecule has 0 saturated carbocycles. The quantitative estimate of drug-likeness (QED) is 0.232. The van der Waals surface area contributed by atoms with E-state index in [1.807, 2.05) is 11.0 Å². The zero-order valence-electron chi connectivity index (χ0n) is 24.0. The van der Waals surface area contributed by atoms with E-state index in [1.165, 1.54) is 0 Å². The first-order valence-corrected chi connectivity index (χ1v) is 15.7. The average Bonchev–Trinajstić information content (AvgIpc) is 3.54. The maximum Gasteiger partial charge on any atom is 0.417 e. The third-order valence-electron chi connectivity index (χ3n) is 9.01. The summed E-state index contributed by atoms with van der Waals surface area (Å²) in [6.07, 6.45) is -0.717. The van der Waals surface area contributed by atoms with Crippen LogP contribution in [0.4, 0.5) is 32.8 Å². The van der Waals surface area contributed by atoms with Crippen molar-refractivity contribution < 1.29 is 31.4 Å². The van der Waals surface area contributed by atoms with E-state index in [4.69, 9.17) is 15.2 Å². The van der Waals surface area contributed by atoms with E-state index in [0.717, 1.165) is 55.2 Å². The van der Waals surface area contributed by atoms with Gasteiger partial charge in [0.15, 0.2) is 5.82 Å². The number of benzene rings is 2. The van der Waals surface area contributed by atoms with E-state index < -0.39 is 28.9 Å². The highest BCUT2D eigenvalue weighted by atomic mass is 32.1. The number of nitrogens with two attached hydrogens (primary N) is 1. The van der Waals surface area contributed by atoms with Gasteiger partial charge in [-0.15, -0.1) is 11.3 Å². The van der Waals surface area contributed by atoms with Gasteiger partial charge in [0.2, 0.25) is 0 Å². The van der Waals surface area contributed by atoms with E-state index in [1.54, 1.807) is 0 Å². The number of hydrogen-bond donors (Lipinski definition) is 2. The molecule has 3 aliphatic heterocycles. The largest absolute Gasteiger partial charge is 0.463 e. The number of piperazine rings is 1. The minimum absolute atomic E-state index is 0.0771. The zero-order chi connectivity index (χ0) is 31.5. The lowest BCUT2D eigenvalue weighted by atomic mass is 9.92. The Hall–Kier alpha value is -3.80. The number of halogens is 5. The lowest BCUT2D eigenvalue weighted by molar-refractivity contribution is -0.137. The maximum absolute atomic E-state index is 16.8. The van der Waals surface area contributed by atoms with Gasteiger partial charge >= 0.3 is 12.2 Å². The Kier molecular flexibility index (Phi) is 7.66. The molecular formula is C31H29F5N6O2S. The van der Waals surface area contributed by atoms with Gasteiger partial charge in [-0.25, -0.2) is 8.78 Å². The van der Waals surface area contributed by atoms with Crippen molar-refractivity contribution in [3.05, 3.63) is 41.0 Å². The van der Waals surface area contributed by atoms with Gasteiger partial charge in [0, 0.05) is 54.7 Å². The van der Waals surface area contributed by atoms with Crippen LogP contribution in [0.3, 0.4) is 0 Å². The van der Waals surface area contributed by atoms with Gasteiger partial charge in [0.05, 0.1) is 22.4 Å². The molecule has 5 heterocycles. The first-order valence-electron chi connectivity index (χ1n) is 14.9. The molecule has 3 fully saturated rings. The van der Waals surface area contributed by atoms with Crippen molar-refractivity contribution in [2.45, 2.75) is 50.4 Å².